The van der Waals surface area contributed by atoms with Gasteiger partial charge >= 0.3 is 0 Å². The maximum Gasteiger partial charge on any atom is 0.0334 e. The lowest BCUT2D eigenvalue weighted by Crippen LogP contribution is -2.20. The Hall–Kier alpha value is -0.790. The van der Waals surface area contributed by atoms with Crippen LogP contribution in [0, 0.1) is 12.3 Å². The Morgan fingerprint density at radius 2 is 1.79 bits per heavy atom. The van der Waals surface area contributed by atoms with Crippen LogP contribution in [0.1, 0.15) is 20.8 Å². The average Bonchev–Trinajstić information content (AvgIpc) is 2.14. The van der Waals surface area contributed by atoms with Gasteiger partial charge < -0.3 is 0 Å². The van der Waals surface area contributed by atoms with Gasteiger partial charge in [0.25, 0.3) is 0 Å². The molecule has 0 nitrogen and oxygen atoms in total. The summed E-state index contributed by atoms with van der Waals surface area (Å²) in [5.74, 6) is 2.80. The smallest absolute Gasteiger partial charge is 0.0334 e. The molecular formula is C13H17P. The Bertz CT molecular complexity index is 313. The third kappa shape index (κ3) is 2.86. The summed E-state index contributed by atoms with van der Waals surface area (Å²) in [5, 5.41) is 1.70. The van der Waals surface area contributed by atoms with Gasteiger partial charge in [0.15, 0.2) is 0 Å². The van der Waals surface area contributed by atoms with Crippen molar-refractivity contribution in [3.8, 4) is 12.3 Å². The predicted octanol–water partition coefficient (Wildman–Crippen LogP) is 3.23. The lowest BCUT2D eigenvalue weighted by Gasteiger charge is -2.30. The molecule has 1 heteroatoms. The minimum absolute atomic E-state index is 0.233. The lowest BCUT2D eigenvalue weighted by molar-refractivity contribution is 0.789. The van der Waals surface area contributed by atoms with E-state index in [9.17, 15) is 0 Å². The predicted molar refractivity (Wildman–Crippen MR) is 66.4 cm³/mol. The summed E-state index contributed by atoms with van der Waals surface area (Å²) in [6.45, 7) is 6.80. The van der Waals surface area contributed by atoms with Gasteiger partial charge in [-0.3, -0.25) is 0 Å². The van der Waals surface area contributed by atoms with Crippen molar-refractivity contribution in [2.45, 2.75) is 25.9 Å². The van der Waals surface area contributed by atoms with Gasteiger partial charge in [0, 0.05) is 6.16 Å². The average molecular weight is 204 g/mol. The van der Waals surface area contributed by atoms with E-state index in [0.717, 1.165) is 6.16 Å². The summed E-state index contributed by atoms with van der Waals surface area (Å²) in [6.07, 6.45) is 6.31. The van der Waals surface area contributed by atoms with Gasteiger partial charge in [-0.25, -0.2) is 0 Å². The van der Waals surface area contributed by atoms with Crippen LogP contribution in [-0.4, -0.2) is 11.3 Å². The van der Waals surface area contributed by atoms with Crippen LogP contribution in [0.4, 0.5) is 0 Å². The van der Waals surface area contributed by atoms with Crippen molar-refractivity contribution >= 4 is 13.2 Å². The molecule has 1 aromatic rings. The zero-order chi connectivity index (χ0) is 10.6. The molecule has 0 heterocycles. The Kier molecular flexibility index (Phi) is 3.73. The molecule has 0 bridgehead atoms. The molecule has 0 amide bonds. The Labute approximate surface area is 88.5 Å². The summed E-state index contributed by atoms with van der Waals surface area (Å²) >= 11 is 0. The Balaban J connectivity index is 2.96. The fraction of sp³-hybridized carbons (Fsp3) is 0.385. The van der Waals surface area contributed by atoms with Crippen LogP contribution >= 0.6 is 7.92 Å². The molecule has 1 atom stereocenters. The van der Waals surface area contributed by atoms with Crippen molar-refractivity contribution < 1.29 is 0 Å². The fourth-order valence-corrected chi connectivity index (χ4v) is 3.56. The molecule has 0 aliphatic rings. The first-order valence-electron chi connectivity index (χ1n) is 4.82. The van der Waals surface area contributed by atoms with Crippen molar-refractivity contribution in [3.63, 3.8) is 0 Å². The van der Waals surface area contributed by atoms with Crippen molar-refractivity contribution in [1.29, 1.82) is 0 Å². The third-order valence-electron chi connectivity index (χ3n) is 2.13. The SMILES string of the molecule is C#CCP(c1ccccc1)C(C)(C)C. The molecule has 0 saturated heterocycles. The van der Waals surface area contributed by atoms with Gasteiger partial charge in [-0.15, -0.1) is 12.3 Å². The second-order valence-corrected chi connectivity index (χ2v) is 7.33. The van der Waals surface area contributed by atoms with Gasteiger partial charge in [0.05, 0.1) is 0 Å². The summed E-state index contributed by atoms with van der Waals surface area (Å²) in [6, 6.07) is 10.6. The van der Waals surface area contributed by atoms with Crippen molar-refractivity contribution in [2.24, 2.45) is 0 Å². The maximum atomic E-state index is 5.43. The molecule has 0 aromatic heterocycles. The molecule has 0 fully saturated rings. The minimum Gasteiger partial charge on any atom is -0.120 e. The van der Waals surface area contributed by atoms with Gasteiger partial charge in [-0.05, 0) is 10.5 Å². The van der Waals surface area contributed by atoms with Gasteiger partial charge in [-0.1, -0.05) is 59.0 Å². The van der Waals surface area contributed by atoms with E-state index in [2.05, 4.69) is 57.0 Å². The van der Waals surface area contributed by atoms with Crippen molar-refractivity contribution in [2.75, 3.05) is 6.16 Å². The van der Waals surface area contributed by atoms with E-state index >= 15 is 0 Å². The second-order valence-electron chi connectivity index (χ2n) is 4.30. The largest absolute Gasteiger partial charge is 0.120 e. The first kappa shape index (κ1) is 11.3. The van der Waals surface area contributed by atoms with Crippen molar-refractivity contribution in [3.05, 3.63) is 30.3 Å². The van der Waals surface area contributed by atoms with Crippen LogP contribution in [0.15, 0.2) is 30.3 Å². The number of terminal acetylenes is 1. The van der Waals surface area contributed by atoms with E-state index in [1.807, 2.05) is 0 Å². The van der Waals surface area contributed by atoms with Gasteiger partial charge in [-0.2, -0.15) is 0 Å². The lowest BCUT2D eigenvalue weighted by atomic mass is 10.3. The number of hydrogen-bond acceptors (Lipinski definition) is 0. The van der Waals surface area contributed by atoms with Crippen molar-refractivity contribution in [1.82, 2.24) is 0 Å². The summed E-state index contributed by atoms with van der Waals surface area (Å²) in [7, 11) is -0.233. The summed E-state index contributed by atoms with van der Waals surface area (Å²) in [4.78, 5) is 0. The highest BCUT2D eigenvalue weighted by Crippen LogP contribution is 2.47. The molecule has 0 radical (unpaired) electrons. The van der Waals surface area contributed by atoms with E-state index in [-0.39, 0.29) is 7.92 Å². The van der Waals surface area contributed by atoms with Crippen LogP contribution in [-0.2, 0) is 0 Å². The zero-order valence-corrected chi connectivity index (χ0v) is 10.0. The quantitative estimate of drug-likeness (QED) is 0.512. The molecular weight excluding hydrogens is 187 g/mol. The molecule has 0 aliphatic heterocycles. The monoisotopic (exact) mass is 204 g/mol. The molecule has 1 rings (SSSR count). The van der Waals surface area contributed by atoms with E-state index in [1.54, 1.807) is 0 Å². The zero-order valence-electron chi connectivity index (χ0n) is 9.12. The van der Waals surface area contributed by atoms with Crippen LogP contribution in [0.3, 0.4) is 0 Å². The molecule has 0 N–H and O–H groups in total. The Morgan fingerprint density at radius 1 is 1.21 bits per heavy atom. The fourth-order valence-electron chi connectivity index (χ4n) is 1.41. The number of hydrogen-bond donors (Lipinski definition) is 0. The molecule has 74 valence electrons. The first-order chi connectivity index (χ1) is 6.55. The van der Waals surface area contributed by atoms with Crippen LogP contribution in [0.5, 0.6) is 0 Å². The minimum atomic E-state index is -0.233. The Morgan fingerprint density at radius 3 is 2.21 bits per heavy atom. The van der Waals surface area contributed by atoms with Gasteiger partial charge in [0.2, 0.25) is 0 Å². The first-order valence-corrected chi connectivity index (χ1v) is 6.34. The summed E-state index contributed by atoms with van der Waals surface area (Å²) in [5.41, 5.74) is 0. The highest BCUT2D eigenvalue weighted by atomic mass is 31.1. The molecule has 1 unspecified atom stereocenters. The molecule has 0 spiro atoms. The normalized spacial score (nSPS) is 13.3. The molecule has 14 heavy (non-hydrogen) atoms. The third-order valence-corrected chi connectivity index (χ3v) is 5.17. The standard InChI is InChI=1S/C13H17P/c1-5-11-14(13(2,3)4)12-9-7-6-8-10-12/h1,6-10H,11H2,2-4H3. The van der Waals surface area contributed by atoms with Crippen LogP contribution in [0.2, 0.25) is 0 Å². The second kappa shape index (κ2) is 4.63. The number of rotatable bonds is 2. The molecule has 0 aliphatic carbocycles. The van der Waals surface area contributed by atoms with Crippen LogP contribution < -0.4 is 5.30 Å². The number of benzene rings is 1. The van der Waals surface area contributed by atoms with E-state index in [4.69, 9.17) is 6.42 Å². The van der Waals surface area contributed by atoms with Gasteiger partial charge in [0.1, 0.15) is 0 Å². The van der Waals surface area contributed by atoms with Crippen LogP contribution in [0.25, 0.3) is 0 Å². The maximum absolute atomic E-state index is 5.43. The van der Waals surface area contributed by atoms with E-state index < -0.39 is 0 Å². The van der Waals surface area contributed by atoms with E-state index in [0.29, 0.717) is 5.16 Å². The molecule has 1 aromatic carbocycles. The highest BCUT2D eigenvalue weighted by Gasteiger charge is 2.24. The van der Waals surface area contributed by atoms with E-state index in [1.165, 1.54) is 5.30 Å². The topological polar surface area (TPSA) is 0 Å². The molecule has 0 saturated carbocycles. The summed E-state index contributed by atoms with van der Waals surface area (Å²) < 4.78 is 0. The highest BCUT2D eigenvalue weighted by molar-refractivity contribution is 7.67.